The Labute approximate surface area is 246 Å². The highest BCUT2D eigenvalue weighted by Gasteiger charge is 2.35. The number of carbonyl (C=O) groups excluding carboxylic acids is 2. The number of hydrogen-bond donors (Lipinski definition) is 3. The van der Waals surface area contributed by atoms with Crippen LogP contribution in [0.2, 0.25) is 5.02 Å². The Balaban J connectivity index is 1.43. The predicted octanol–water partition coefficient (Wildman–Crippen LogP) is 6.18. The van der Waals surface area contributed by atoms with Crippen LogP contribution in [0.25, 0.3) is 11.0 Å². The van der Waals surface area contributed by atoms with Crippen LogP contribution in [-0.4, -0.2) is 68.3 Å². The Morgan fingerprint density at radius 2 is 1.63 bits per heavy atom. The molecule has 2 aromatic heterocycles. The van der Waals surface area contributed by atoms with Gasteiger partial charge in [-0.3, -0.25) is 10.2 Å². The van der Waals surface area contributed by atoms with Gasteiger partial charge < -0.3 is 20.3 Å². The Morgan fingerprint density at radius 1 is 1.00 bits per heavy atom. The summed E-state index contributed by atoms with van der Waals surface area (Å²) >= 11 is 6.33. The largest absolute Gasteiger partial charge is 0.444 e. The molecule has 0 spiro atoms. The average molecular weight is 583 g/mol. The molecule has 3 aromatic rings. The summed E-state index contributed by atoms with van der Waals surface area (Å²) in [6, 6.07) is 9.22. The fourth-order valence-electron chi connectivity index (χ4n) is 4.66. The summed E-state index contributed by atoms with van der Waals surface area (Å²) < 4.78 is 5.62. The van der Waals surface area contributed by atoms with E-state index < -0.39 is 17.2 Å². The lowest BCUT2D eigenvalue weighted by molar-refractivity contribution is 0.00565. The van der Waals surface area contributed by atoms with Gasteiger partial charge in [0.25, 0.3) is 0 Å². The maximum absolute atomic E-state index is 12.7. The highest BCUT2D eigenvalue weighted by atomic mass is 35.5. The standard InChI is InChI=1S/C29H39ClN8O3/c1-17-15-37(16-18(2)38(17)27(40)41-29(6,7)8)21-11-9-20(10-12-21)32-25-31-14-19-13-22(30)24(33-23(19)34-25)35-26(39)36-28(3,4)5/h9-14,17-18H,15-16H2,1-8H3,(H3,31,32,33,34,35,36,39)/t17-,18+. The van der Waals surface area contributed by atoms with E-state index in [1.807, 2.05) is 84.6 Å². The SMILES string of the molecule is C[C@@H]1CN(c2ccc(Nc3ncc4cc(Cl)c(NC(=O)NC(C)(C)C)nc4n3)cc2)C[C@H](C)N1C(=O)OC(C)(C)C. The van der Waals surface area contributed by atoms with Crippen LogP contribution in [0.5, 0.6) is 0 Å². The molecule has 41 heavy (non-hydrogen) atoms. The maximum atomic E-state index is 12.7. The van der Waals surface area contributed by atoms with Crippen LogP contribution in [0.4, 0.5) is 32.7 Å². The topological polar surface area (TPSA) is 125 Å². The molecule has 3 amide bonds. The Hall–Kier alpha value is -3.86. The first-order valence-corrected chi connectivity index (χ1v) is 14.0. The molecule has 220 valence electrons. The van der Waals surface area contributed by atoms with Gasteiger partial charge in [0.05, 0.1) is 17.1 Å². The first-order valence-electron chi connectivity index (χ1n) is 13.6. The number of rotatable bonds is 4. The molecule has 0 bridgehead atoms. The van der Waals surface area contributed by atoms with Crippen LogP contribution in [-0.2, 0) is 4.74 Å². The van der Waals surface area contributed by atoms with Crippen molar-refractivity contribution in [2.75, 3.05) is 28.6 Å². The third kappa shape index (κ3) is 7.87. The number of benzene rings is 1. The van der Waals surface area contributed by atoms with Crippen molar-refractivity contribution in [1.29, 1.82) is 0 Å². The minimum Gasteiger partial charge on any atom is -0.444 e. The summed E-state index contributed by atoms with van der Waals surface area (Å²) in [6.45, 7) is 16.8. The molecule has 11 nitrogen and oxygen atoms in total. The minimum atomic E-state index is -0.532. The molecule has 0 unspecified atom stereocenters. The van der Waals surface area contributed by atoms with Gasteiger partial charge in [-0.05, 0) is 85.7 Å². The van der Waals surface area contributed by atoms with Gasteiger partial charge >= 0.3 is 12.1 Å². The van der Waals surface area contributed by atoms with Crippen LogP contribution < -0.4 is 20.9 Å². The summed E-state index contributed by atoms with van der Waals surface area (Å²) in [4.78, 5) is 42.5. The Kier molecular flexibility index (Phi) is 8.49. The smallest absolute Gasteiger partial charge is 0.410 e. The van der Waals surface area contributed by atoms with Crippen molar-refractivity contribution in [2.45, 2.75) is 78.6 Å². The van der Waals surface area contributed by atoms with Crippen LogP contribution in [0.3, 0.4) is 0 Å². The lowest BCUT2D eigenvalue weighted by Gasteiger charge is -2.45. The summed E-state index contributed by atoms with van der Waals surface area (Å²) in [7, 11) is 0. The number of nitrogens with zero attached hydrogens (tertiary/aromatic N) is 5. The second-order valence-electron chi connectivity index (χ2n) is 12.4. The van der Waals surface area contributed by atoms with E-state index in [1.54, 1.807) is 12.3 Å². The van der Waals surface area contributed by atoms with E-state index in [4.69, 9.17) is 16.3 Å². The number of fused-ring (bicyclic) bond motifs is 1. The monoisotopic (exact) mass is 582 g/mol. The molecule has 0 radical (unpaired) electrons. The number of aromatic nitrogens is 3. The third-order valence-electron chi connectivity index (χ3n) is 6.25. The van der Waals surface area contributed by atoms with E-state index >= 15 is 0 Å². The van der Waals surface area contributed by atoms with Crippen molar-refractivity contribution >= 4 is 57.9 Å². The zero-order chi connectivity index (χ0) is 30.1. The number of anilines is 4. The number of carbonyl (C=O) groups is 2. The van der Waals surface area contributed by atoms with Gasteiger partial charge in [-0.15, -0.1) is 0 Å². The molecule has 1 fully saturated rings. The van der Waals surface area contributed by atoms with E-state index in [2.05, 4.69) is 35.8 Å². The van der Waals surface area contributed by atoms with Crippen molar-refractivity contribution in [3.05, 3.63) is 41.6 Å². The number of ether oxygens (including phenoxy) is 1. The fourth-order valence-corrected chi connectivity index (χ4v) is 4.86. The predicted molar refractivity (Wildman–Crippen MR) is 163 cm³/mol. The second kappa shape index (κ2) is 11.6. The number of amides is 3. The van der Waals surface area contributed by atoms with Gasteiger partial charge in [0.15, 0.2) is 11.5 Å². The normalized spacial score (nSPS) is 17.8. The molecule has 1 aromatic carbocycles. The first kappa shape index (κ1) is 30.1. The van der Waals surface area contributed by atoms with Gasteiger partial charge in [-0.1, -0.05) is 11.6 Å². The van der Waals surface area contributed by atoms with Gasteiger partial charge in [0, 0.05) is 41.6 Å². The van der Waals surface area contributed by atoms with Crippen molar-refractivity contribution < 1.29 is 14.3 Å². The lowest BCUT2D eigenvalue weighted by atomic mass is 10.1. The number of urea groups is 1. The van der Waals surface area contributed by atoms with Gasteiger partial charge in [-0.25, -0.2) is 19.6 Å². The second-order valence-corrected chi connectivity index (χ2v) is 12.8. The summed E-state index contributed by atoms with van der Waals surface area (Å²) in [5.41, 5.74) is 1.31. The van der Waals surface area contributed by atoms with E-state index in [0.29, 0.717) is 30.1 Å². The van der Waals surface area contributed by atoms with Crippen LogP contribution in [0, 0.1) is 0 Å². The quantitative estimate of drug-likeness (QED) is 0.333. The number of nitrogens with one attached hydrogen (secondary N) is 3. The van der Waals surface area contributed by atoms with E-state index in [-0.39, 0.29) is 29.0 Å². The summed E-state index contributed by atoms with van der Waals surface area (Å²) in [5.74, 6) is 0.573. The van der Waals surface area contributed by atoms with Crippen LogP contribution in [0.1, 0.15) is 55.4 Å². The van der Waals surface area contributed by atoms with Crippen molar-refractivity contribution in [1.82, 2.24) is 25.2 Å². The Bertz CT molecular complexity index is 1410. The molecule has 3 N–H and O–H groups in total. The average Bonchev–Trinajstić information content (AvgIpc) is 2.82. The third-order valence-corrected chi connectivity index (χ3v) is 6.54. The molecule has 12 heteroatoms. The summed E-state index contributed by atoms with van der Waals surface area (Å²) in [6.07, 6.45) is 1.35. The molecule has 2 atom stereocenters. The van der Waals surface area contributed by atoms with Gasteiger partial charge in [-0.2, -0.15) is 4.98 Å². The van der Waals surface area contributed by atoms with Crippen molar-refractivity contribution in [2.24, 2.45) is 0 Å². The number of piperazine rings is 1. The van der Waals surface area contributed by atoms with E-state index in [0.717, 1.165) is 11.4 Å². The molecule has 1 aliphatic rings. The number of pyridine rings is 1. The van der Waals surface area contributed by atoms with Gasteiger partial charge in [0.1, 0.15) is 5.60 Å². The van der Waals surface area contributed by atoms with Crippen LogP contribution >= 0.6 is 11.6 Å². The number of hydrogen-bond acceptors (Lipinski definition) is 8. The minimum absolute atomic E-state index is 0.00248. The molecular weight excluding hydrogens is 544 g/mol. The highest BCUT2D eigenvalue weighted by Crippen LogP contribution is 2.28. The van der Waals surface area contributed by atoms with E-state index in [9.17, 15) is 9.59 Å². The zero-order valence-corrected chi connectivity index (χ0v) is 25.6. The van der Waals surface area contributed by atoms with E-state index in [1.165, 1.54) is 0 Å². The van der Waals surface area contributed by atoms with Crippen molar-refractivity contribution in [3.63, 3.8) is 0 Å². The van der Waals surface area contributed by atoms with Crippen molar-refractivity contribution in [3.8, 4) is 0 Å². The van der Waals surface area contributed by atoms with Crippen LogP contribution in [0.15, 0.2) is 36.5 Å². The maximum Gasteiger partial charge on any atom is 0.410 e. The molecule has 4 rings (SSSR count). The molecule has 0 saturated carbocycles. The molecule has 1 aliphatic heterocycles. The fraction of sp³-hybridized carbons (Fsp3) is 0.483. The molecule has 3 heterocycles. The lowest BCUT2D eigenvalue weighted by Crippen LogP contribution is -2.59. The molecular formula is C29H39ClN8O3. The Morgan fingerprint density at radius 3 is 2.22 bits per heavy atom. The van der Waals surface area contributed by atoms with Gasteiger partial charge in [0.2, 0.25) is 5.95 Å². The molecule has 1 saturated heterocycles. The zero-order valence-electron chi connectivity index (χ0n) is 24.9. The number of halogens is 1. The molecule has 0 aliphatic carbocycles. The summed E-state index contributed by atoms with van der Waals surface area (Å²) in [5, 5.41) is 9.64. The highest BCUT2D eigenvalue weighted by molar-refractivity contribution is 6.34. The first-order chi connectivity index (χ1) is 19.1.